The number of ether oxygens (including phenoxy) is 1. The molecule has 0 saturated heterocycles. The lowest BCUT2D eigenvalue weighted by Crippen LogP contribution is -2.15. The van der Waals surface area contributed by atoms with E-state index in [0.717, 1.165) is 24.2 Å². The van der Waals surface area contributed by atoms with Crippen molar-refractivity contribution in [2.75, 3.05) is 0 Å². The van der Waals surface area contributed by atoms with Crippen LogP contribution in [-0.4, -0.2) is 15.6 Å². The number of imidazole rings is 1. The first-order valence-electron chi connectivity index (χ1n) is 6.72. The van der Waals surface area contributed by atoms with E-state index in [2.05, 4.69) is 22.4 Å². The fraction of sp³-hybridized carbons (Fsp3) is 0.400. The Balaban J connectivity index is 1.57. The lowest BCUT2D eigenvalue weighted by atomic mass is 10.2. The van der Waals surface area contributed by atoms with E-state index >= 15 is 0 Å². The molecule has 0 aliphatic heterocycles. The standard InChI is InChI=1S/C15H19N3O/c1-18-8-7-16-15(18)11-19-14-4-2-3-12(9-14)10-17-13-5-6-13/h2-4,7-9,13,17H,5-6,10-11H2,1H3. The molecule has 100 valence electrons. The van der Waals surface area contributed by atoms with Crippen LogP contribution >= 0.6 is 0 Å². The minimum Gasteiger partial charge on any atom is -0.486 e. The molecule has 1 fully saturated rings. The van der Waals surface area contributed by atoms with Gasteiger partial charge in [0.15, 0.2) is 0 Å². The zero-order valence-corrected chi connectivity index (χ0v) is 11.2. The number of nitrogens with zero attached hydrogens (tertiary/aromatic N) is 2. The molecule has 1 aromatic heterocycles. The van der Waals surface area contributed by atoms with Gasteiger partial charge in [0.05, 0.1) is 0 Å². The predicted molar refractivity (Wildman–Crippen MR) is 73.8 cm³/mol. The van der Waals surface area contributed by atoms with E-state index in [1.165, 1.54) is 18.4 Å². The van der Waals surface area contributed by atoms with E-state index in [-0.39, 0.29) is 0 Å². The van der Waals surface area contributed by atoms with Crippen LogP contribution in [0, 0.1) is 0 Å². The molecule has 1 aromatic carbocycles. The van der Waals surface area contributed by atoms with Gasteiger partial charge >= 0.3 is 0 Å². The maximum atomic E-state index is 5.78. The summed E-state index contributed by atoms with van der Waals surface area (Å²) in [4.78, 5) is 4.25. The summed E-state index contributed by atoms with van der Waals surface area (Å²) in [5, 5.41) is 3.51. The molecule has 0 spiro atoms. The Labute approximate surface area is 113 Å². The summed E-state index contributed by atoms with van der Waals surface area (Å²) >= 11 is 0. The molecule has 0 amide bonds. The van der Waals surface area contributed by atoms with Crippen molar-refractivity contribution in [2.45, 2.75) is 32.0 Å². The second kappa shape index (κ2) is 5.45. The second-order valence-electron chi connectivity index (χ2n) is 5.05. The molecular weight excluding hydrogens is 238 g/mol. The third kappa shape index (κ3) is 3.35. The Morgan fingerprint density at radius 1 is 1.42 bits per heavy atom. The van der Waals surface area contributed by atoms with Crippen molar-refractivity contribution >= 4 is 0 Å². The Bertz CT molecular complexity index is 546. The van der Waals surface area contributed by atoms with Crippen molar-refractivity contribution in [2.24, 2.45) is 7.05 Å². The Hall–Kier alpha value is -1.81. The van der Waals surface area contributed by atoms with Gasteiger partial charge in [0.2, 0.25) is 0 Å². The van der Waals surface area contributed by atoms with Crippen LogP contribution in [0.25, 0.3) is 0 Å². The van der Waals surface area contributed by atoms with Gasteiger partial charge in [0.25, 0.3) is 0 Å². The van der Waals surface area contributed by atoms with Gasteiger partial charge in [-0.1, -0.05) is 12.1 Å². The van der Waals surface area contributed by atoms with Crippen LogP contribution in [-0.2, 0) is 20.2 Å². The van der Waals surface area contributed by atoms with Crippen molar-refractivity contribution in [3.8, 4) is 5.75 Å². The zero-order chi connectivity index (χ0) is 13.1. The van der Waals surface area contributed by atoms with Crippen molar-refractivity contribution in [3.05, 3.63) is 48.0 Å². The number of benzene rings is 1. The number of rotatable bonds is 6. The van der Waals surface area contributed by atoms with Crippen LogP contribution in [0.15, 0.2) is 36.7 Å². The van der Waals surface area contributed by atoms with E-state index in [9.17, 15) is 0 Å². The highest BCUT2D eigenvalue weighted by molar-refractivity contribution is 5.28. The lowest BCUT2D eigenvalue weighted by molar-refractivity contribution is 0.291. The highest BCUT2D eigenvalue weighted by atomic mass is 16.5. The monoisotopic (exact) mass is 257 g/mol. The molecule has 1 aliphatic carbocycles. The smallest absolute Gasteiger partial charge is 0.146 e. The third-order valence-corrected chi connectivity index (χ3v) is 3.36. The van der Waals surface area contributed by atoms with Gasteiger partial charge < -0.3 is 14.6 Å². The van der Waals surface area contributed by atoms with Gasteiger partial charge in [-0.15, -0.1) is 0 Å². The molecule has 1 saturated carbocycles. The zero-order valence-electron chi connectivity index (χ0n) is 11.2. The summed E-state index contributed by atoms with van der Waals surface area (Å²) in [7, 11) is 1.97. The van der Waals surface area contributed by atoms with Gasteiger partial charge in [-0.2, -0.15) is 0 Å². The molecule has 1 aliphatic rings. The second-order valence-corrected chi connectivity index (χ2v) is 5.05. The van der Waals surface area contributed by atoms with Gasteiger partial charge in [0, 0.05) is 32.0 Å². The molecule has 4 heteroatoms. The molecule has 2 aromatic rings. The quantitative estimate of drug-likeness (QED) is 0.862. The minimum atomic E-state index is 0.503. The SMILES string of the molecule is Cn1ccnc1COc1cccc(CNC2CC2)c1. The van der Waals surface area contributed by atoms with Gasteiger partial charge in [-0.3, -0.25) is 0 Å². The number of nitrogens with one attached hydrogen (secondary N) is 1. The van der Waals surface area contributed by atoms with Crippen LogP contribution < -0.4 is 10.1 Å². The van der Waals surface area contributed by atoms with Crippen LogP contribution in [0.1, 0.15) is 24.2 Å². The normalized spacial score (nSPS) is 14.6. The largest absolute Gasteiger partial charge is 0.486 e. The van der Waals surface area contributed by atoms with Crippen molar-refractivity contribution < 1.29 is 4.74 Å². The maximum absolute atomic E-state index is 5.78. The third-order valence-electron chi connectivity index (χ3n) is 3.36. The lowest BCUT2D eigenvalue weighted by Gasteiger charge is -2.08. The number of aryl methyl sites for hydroxylation is 1. The first kappa shape index (κ1) is 12.2. The van der Waals surface area contributed by atoms with E-state index in [4.69, 9.17) is 4.74 Å². The molecule has 0 radical (unpaired) electrons. The Morgan fingerprint density at radius 2 is 2.32 bits per heavy atom. The first-order valence-corrected chi connectivity index (χ1v) is 6.72. The van der Waals surface area contributed by atoms with E-state index in [0.29, 0.717) is 6.61 Å². The van der Waals surface area contributed by atoms with E-state index < -0.39 is 0 Å². The van der Waals surface area contributed by atoms with Crippen molar-refractivity contribution in [1.29, 1.82) is 0 Å². The fourth-order valence-electron chi connectivity index (χ4n) is 1.98. The van der Waals surface area contributed by atoms with Gasteiger partial charge in [-0.05, 0) is 30.5 Å². The van der Waals surface area contributed by atoms with Gasteiger partial charge in [-0.25, -0.2) is 4.98 Å². The summed E-state index contributed by atoms with van der Waals surface area (Å²) in [6.07, 6.45) is 6.34. The molecule has 3 rings (SSSR count). The fourth-order valence-corrected chi connectivity index (χ4v) is 1.98. The van der Waals surface area contributed by atoms with Crippen LogP contribution in [0.3, 0.4) is 0 Å². The highest BCUT2D eigenvalue weighted by Crippen LogP contribution is 2.20. The number of hydrogen-bond donors (Lipinski definition) is 1. The Kier molecular flexibility index (Phi) is 3.51. The van der Waals surface area contributed by atoms with Gasteiger partial charge in [0.1, 0.15) is 18.2 Å². The van der Waals surface area contributed by atoms with Crippen LogP contribution in [0.5, 0.6) is 5.75 Å². The molecule has 0 unspecified atom stereocenters. The van der Waals surface area contributed by atoms with Crippen LogP contribution in [0.2, 0.25) is 0 Å². The molecule has 1 heterocycles. The molecule has 19 heavy (non-hydrogen) atoms. The topological polar surface area (TPSA) is 39.1 Å². The summed E-state index contributed by atoms with van der Waals surface area (Å²) in [6.45, 7) is 1.42. The summed E-state index contributed by atoms with van der Waals surface area (Å²) in [5.41, 5.74) is 1.27. The highest BCUT2D eigenvalue weighted by Gasteiger charge is 2.19. The van der Waals surface area contributed by atoms with E-state index in [1.54, 1.807) is 6.20 Å². The molecule has 0 bridgehead atoms. The van der Waals surface area contributed by atoms with Crippen LogP contribution in [0.4, 0.5) is 0 Å². The predicted octanol–water partition coefficient (Wildman–Crippen LogP) is 2.25. The summed E-state index contributed by atoms with van der Waals surface area (Å²) in [6, 6.07) is 8.99. The molecule has 1 N–H and O–H groups in total. The number of hydrogen-bond acceptors (Lipinski definition) is 3. The number of aromatic nitrogens is 2. The van der Waals surface area contributed by atoms with E-state index in [1.807, 2.05) is 29.9 Å². The Morgan fingerprint density at radius 3 is 3.05 bits per heavy atom. The average Bonchev–Trinajstić information content (AvgIpc) is 3.17. The molecular formula is C15H19N3O. The molecule has 0 atom stereocenters. The summed E-state index contributed by atoms with van der Waals surface area (Å²) < 4.78 is 7.75. The van der Waals surface area contributed by atoms with Crippen molar-refractivity contribution in [1.82, 2.24) is 14.9 Å². The molecule has 4 nitrogen and oxygen atoms in total. The average molecular weight is 257 g/mol. The minimum absolute atomic E-state index is 0.503. The summed E-state index contributed by atoms with van der Waals surface area (Å²) in [5.74, 6) is 1.83. The first-order chi connectivity index (χ1) is 9.31. The maximum Gasteiger partial charge on any atom is 0.146 e. The van der Waals surface area contributed by atoms with Crippen molar-refractivity contribution in [3.63, 3.8) is 0 Å².